The second-order valence-electron chi connectivity index (χ2n) is 4.54. The molecule has 0 saturated carbocycles. The van der Waals surface area contributed by atoms with Crippen LogP contribution >= 0.6 is 0 Å². The van der Waals surface area contributed by atoms with Gasteiger partial charge in [0.05, 0.1) is 12.6 Å². The number of nitrogens with zero attached hydrogens (tertiary/aromatic N) is 2. The minimum atomic E-state index is -0.527. The van der Waals surface area contributed by atoms with Crippen LogP contribution in [0.5, 0.6) is 0 Å². The lowest BCUT2D eigenvalue weighted by atomic mass is 10.2. The highest BCUT2D eigenvalue weighted by Gasteiger charge is 2.17. The molecule has 0 aliphatic carbocycles. The molecule has 0 aliphatic heterocycles. The number of nitrogens with one attached hydrogen (secondary N) is 1. The van der Waals surface area contributed by atoms with Crippen LogP contribution in [0.4, 0.5) is 0 Å². The predicted octanol–water partition coefficient (Wildman–Crippen LogP) is -0.178. The molecule has 2 rings (SSSR count). The SMILES string of the molecule is COCC(CCO)NC(=O)c1cnc2ccccn2c1=O. The van der Waals surface area contributed by atoms with Crippen molar-refractivity contribution in [3.63, 3.8) is 0 Å². The monoisotopic (exact) mass is 291 g/mol. The van der Waals surface area contributed by atoms with E-state index in [4.69, 9.17) is 9.84 Å². The Morgan fingerprint density at radius 2 is 2.33 bits per heavy atom. The highest BCUT2D eigenvalue weighted by Crippen LogP contribution is 1.99. The van der Waals surface area contributed by atoms with Crippen LogP contribution in [0.1, 0.15) is 16.8 Å². The molecule has 1 amide bonds. The topological polar surface area (TPSA) is 92.9 Å². The largest absolute Gasteiger partial charge is 0.396 e. The molecular weight excluding hydrogens is 274 g/mol. The second-order valence-corrected chi connectivity index (χ2v) is 4.54. The van der Waals surface area contributed by atoms with E-state index in [1.807, 2.05) is 0 Å². The maximum Gasteiger partial charge on any atom is 0.270 e. The van der Waals surface area contributed by atoms with E-state index in [0.717, 1.165) is 0 Å². The molecule has 7 nitrogen and oxygen atoms in total. The number of fused-ring (bicyclic) bond motifs is 1. The summed E-state index contributed by atoms with van der Waals surface area (Å²) in [7, 11) is 1.50. The molecular formula is C14H17N3O4. The molecule has 112 valence electrons. The van der Waals surface area contributed by atoms with Gasteiger partial charge in [-0.05, 0) is 18.6 Å². The van der Waals surface area contributed by atoms with Crippen LogP contribution in [0.25, 0.3) is 5.65 Å². The van der Waals surface area contributed by atoms with E-state index in [9.17, 15) is 9.59 Å². The van der Waals surface area contributed by atoms with Crippen molar-refractivity contribution < 1.29 is 14.6 Å². The Bertz CT molecular complexity index is 677. The zero-order valence-corrected chi connectivity index (χ0v) is 11.7. The first-order chi connectivity index (χ1) is 10.2. The van der Waals surface area contributed by atoms with Gasteiger partial charge in [-0.25, -0.2) is 4.98 Å². The molecule has 7 heteroatoms. The molecule has 0 radical (unpaired) electrons. The van der Waals surface area contributed by atoms with Crippen LogP contribution in [0.2, 0.25) is 0 Å². The van der Waals surface area contributed by atoms with Gasteiger partial charge in [-0.3, -0.25) is 14.0 Å². The Kier molecular flexibility index (Phi) is 5.02. The van der Waals surface area contributed by atoms with E-state index >= 15 is 0 Å². The van der Waals surface area contributed by atoms with Crippen LogP contribution in [-0.2, 0) is 4.74 Å². The number of carbonyl (C=O) groups is 1. The maximum absolute atomic E-state index is 12.2. The number of methoxy groups -OCH3 is 1. The molecule has 1 atom stereocenters. The Labute approximate surface area is 121 Å². The van der Waals surface area contributed by atoms with Crippen molar-refractivity contribution in [2.24, 2.45) is 0 Å². The standard InChI is InChI=1S/C14H17N3O4/c1-21-9-10(5-7-18)16-13(19)11-8-15-12-4-2-3-6-17(12)14(11)20/h2-4,6,8,10,18H,5,7,9H2,1H3,(H,16,19). The van der Waals surface area contributed by atoms with Gasteiger partial charge in [0.15, 0.2) is 0 Å². The molecule has 0 fully saturated rings. The van der Waals surface area contributed by atoms with E-state index < -0.39 is 11.5 Å². The Morgan fingerprint density at radius 1 is 1.52 bits per heavy atom. The van der Waals surface area contributed by atoms with Crippen molar-refractivity contribution in [1.29, 1.82) is 0 Å². The minimum Gasteiger partial charge on any atom is -0.396 e. The van der Waals surface area contributed by atoms with E-state index in [1.165, 1.54) is 17.7 Å². The summed E-state index contributed by atoms with van der Waals surface area (Å²) in [6.45, 7) is 0.178. The molecule has 0 saturated heterocycles. The minimum absolute atomic E-state index is 0.0438. The Hall–Kier alpha value is -2.25. The molecule has 0 aliphatic rings. The van der Waals surface area contributed by atoms with Crippen LogP contribution in [0.15, 0.2) is 35.4 Å². The van der Waals surface area contributed by atoms with Crippen molar-refractivity contribution in [3.8, 4) is 0 Å². The fraction of sp³-hybridized carbons (Fsp3) is 0.357. The summed E-state index contributed by atoms with van der Waals surface area (Å²) in [6.07, 6.45) is 3.17. The van der Waals surface area contributed by atoms with Crippen molar-refractivity contribution in [2.45, 2.75) is 12.5 Å². The highest BCUT2D eigenvalue weighted by molar-refractivity contribution is 5.93. The summed E-state index contributed by atoms with van der Waals surface area (Å²) < 4.78 is 6.28. The first kappa shape index (κ1) is 15.1. The molecule has 21 heavy (non-hydrogen) atoms. The lowest BCUT2D eigenvalue weighted by Gasteiger charge is -2.16. The highest BCUT2D eigenvalue weighted by atomic mass is 16.5. The number of hydrogen-bond donors (Lipinski definition) is 2. The zero-order chi connectivity index (χ0) is 15.2. The molecule has 1 unspecified atom stereocenters. The third-order valence-electron chi connectivity index (χ3n) is 3.04. The van der Waals surface area contributed by atoms with E-state index in [1.54, 1.807) is 24.4 Å². The average Bonchev–Trinajstić information content (AvgIpc) is 2.48. The number of hydrogen-bond acceptors (Lipinski definition) is 5. The maximum atomic E-state index is 12.2. The van der Waals surface area contributed by atoms with Gasteiger partial charge in [0, 0.05) is 26.1 Å². The summed E-state index contributed by atoms with van der Waals surface area (Å²) in [5.41, 5.74) is -0.00106. The number of amides is 1. The molecule has 0 spiro atoms. The summed E-state index contributed by atoms with van der Waals surface area (Å²) in [4.78, 5) is 28.5. The summed E-state index contributed by atoms with van der Waals surface area (Å²) >= 11 is 0. The average molecular weight is 291 g/mol. The van der Waals surface area contributed by atoms with Gasteiger partial charge < -0.3 is 15.2 Å². The van der Waals surface area contributed by atoms with Crippen LogP contribution in [0, 0.1) is 0 Å². The van der Waals surface area contributed by atoms with Crippen LogP contribution < -0.4 is 10.9 Å². The number of aliphatic hydroxyl groups excluding tert-OH is 1. The van der Waals surface area contributed by atoms with Gasteiger partial charge in [-0.15, -0.1) is 0 Å². The molecule has 2 aromatic heterocycles. The molecule has 2 heterocycles. The lowest BCUT2D eigenvalue weighted by Crippen LogP contribution is -2.41. The molecule has 0 bridgehead atoms. The van der Waals surface area contributed by atoms with E-state index in [0.29, 0.717) is 12.1 Å². The van der Waals surface area contributed by atoms with E-state index in [2.05, 4.69) is 10.3 Å². The fourth-order valence-electron chi connectivity index (χ4n) is 2.00. The van der Waals surface area contributed by atoms with Crippen molar-refractivity contribution in [3.05, 3.63) is 46.5 Å². The van der Waals surface area contributed by atoms with Crippen molar-refractivity contribution in [2.75, 3.05) is 20.3 Å². The fourth-order valence-corrected chi connectivity index (χ4v) is 2.00. The molecule has 2 aromatic rings. The van der Waals surface area contributed by atoms with Gasteiger partial charge in [0.1, 0.15) is 11.2 Å². The molecule has 0 aromatic carbocycles. The number of aliphatic hydroxyl groups is 1. The van der Waals surface area contributed by atoms with Crippen molar-refractivity contribution >= 4 is 11.6 Å². The Morgan fingerprint density at radius 3 is 3.05 bits per heavy atom. The van der Waals surface area contributed by atoms with Gasteiger partial charge in [0.2, 0.25) is 0 Å². The normalized spacial score (nSPS) is 12.3. The first-order valence-corrected chi connectivity index (χ1v) is 6.54. The summed E-state index contributed by atoms with van der Waals surface area (Å²) in [5.74, 6) is -0.527. The number of aromatic nitrogens is 2. The smallest absolute Gasteiger partial charge is 0.270 e. The predicted molar refractivity (Wildman–Crippen MR) is 76.3 cm³/mol. The van der Waals surface area contributed by atoms with Gasteiger partial charge in [-0.2, -0.15) is 0 Å². The number of ether oxygens (including phenoxy) is 1. The molecule has 2 N–H and O–H groups in total. The number of carbonyl (C=O) groups excluding carboxylic acids is 1. The quantitative estimate of drug-likeness (QED) is 0.770. The Balaban J connectivity index is 2.27. The van der Waals surface area contributed by atoms with Crippen LogP contribution in [-0.4, -0.2) is 46.8 Å². The van der Waals surface area contributed by atoms with Crippen molar-refractivity contribution in [1.82, 2.24) is 14.7 Å². The lowest BCUT2D eigenvalue weighted by molar-refractivity contribution is 0.0876. The third-order valence-corrected chi connectivity index (χ3v) is 3.04. The van der Waals surface area contributed by atoms with E-state index in [-0.39, 0.29) is 24.8 Å². The van der Waals surface area contributed by atoms with Gasteiger partial charge in [0.25, 0.3) is 11.5 Å². The number of pyridine rings is 1. The van der Waals surface area contributed by atoms with Gasteiger partial charge >= 0.3 is 0 Å². The zero-order valence-electron chi connectivity index (χ0n) is 11.7. The first-order valence-electron chi connectivity index (χ1n) is 6.54. The third kappa shape index (κ3) is 3.45. The summed E-state index contributed by atoms with van der Waals surface area (Å²) in [6, 6.07) is 4.78. The van der Waals surface area contributed by atoms with Crippen LogP contribution in [0.3, 0.4) is 0 Å². The second kappa shape index (κ2) is 6.96. The summed E-state index contributed by atoms with van der Waals surface area (Å²) in [5, 5.41) is 11.6. The number of rotatable bonds is 6. The van der Waals surface area contributed by atoms with Gasteiger partial charge in [-0.1, -0.05) is 6.07 Å².